The third-order valence-electron chi connectivity index (χ3n) is 3.30. The van der Waals surface area contributed by atoms with Crippen LogP contribution >= 0.6 is 11.8 Å². The van der Waals surface area contributed by atoms with Gasteiger partial charge in [0.05, 0.1) is 0 Å². The zero-order valence-corrected chi connectivity index (χ0v) is 12.2. The molecule has 0 aliphatic carbocycles. The van der Waals surface area contributed by atoms with Crippen LogP contribution in [0.4, 0.5) is 0 Å². The molecule has 2 unspecified atom stereocenters. The fourth-order valence-corrected chi connectivity index (χ4v) is 2.74. The molecule has 0 aliphatic rings. The van der Waals surface area contributed by atoms with Crippen LogP contribution < -0.4 is 5.73 Å². The Bertz CT molecular complexity index is 322. The van der Waals surface area contributed by atoms with Crippen LogP contribution in [0.15, 0.2) is 29.2 Å². The number of aliphatic hydroxyl groups is 1. The van der Waals surface area contributed by atoms with E-state index in [0.29, 0.717) is 12.5 Å². The van der Waals surface area contributed by atoms with Crippen molar-refractivity contribution in [1.82, 2.24) is 0 Å². The minimum atomic E-state index is 0.183. The van der Waals surface area contributed by atoms with Gasteiger partial charge in [-0.25, -0.2) is 0 Å². The highest BCUT2D eigenvalue weighted by Crippen LogP contribution is 2.21. The largest absolute Gasteiger partial charge is 0.396 e. The van der Waals surface area contributed by atoms with Crippen LogP contribution in [0, 0.1) is 11.8 Å². The summed E-state index contributed by atoms with van der Waals surface area (Å²) in [5.41, 5.74) is 6.98. The first kappa shape index (κ1) is 15.5. The van der Waals surface area contributed by atoms with Crippen LogP contribution in [0.2, 0.25) is 0 Å². The van der Waals surface area contributed by atoms with Gasteiger partial charge in [-0.05, 0) is 54.7 Å². The Balaban J connectivity index is 2.52. The zero-order valence-electron chi connectivity index (χ0n) is 11.4. The molecule has 0 bridgehead atoms. The van der Waals surface area contributed by atoms with Crippen molar-refractivity contribution in [2.45, 2.75) is 31.6 Å². The highest BCUT2D eigenvalue weighted by Gasteiger charge is 2.15. The maximum Gasteiger partial charge on any atom is 0.0474 e. The van der Waals surface area contributed by atoms with Crippen molar-refractivity contribution in [3.63, 3.8) is 0 Å². The second kappa shape index (κ2) is 8.57. The number of hydrogen-bond donors (Lipinski definition) is 2. The summed E-state index contributed by atoms with van der Waals surface area (Å²) in [6.45, 7) is 5.10. The maximum atomic E-state index is 9.23. The van der Waals surface area contributed by atoms with E-state index in [-0.39, 0.29) is 12.5 Å². The molecular weight excluding hydrogens is 242 g/mol. The van der Waals surface area contributed by atoms with Crippen LogP contribution in [0.3, 0.4) is 0 Å². The molecule has 0 amide bonds. The lowest BCUT2D eigenvalue weighted by atomic mass is 9.89. The molecule has 2 atom stereocenters. The number of thioether (sulfide) groups is 1. The van der Waals surface area contributed by atoms with Crippen LogP contribution in [-0.4, -0.2) is 24.0 Å². The van der Waals surface area contributed by atoms with E-state index in [2.05, 4.69) is 38.1 Å². The van der Waals surface area contributed by atoms with E-state index in [0.717, 1.165) is 6.42 Å². The average Bonchev–Trinajstić information content (AvgIpc) is 2.39. The van der Waals surface area contributed by atoms with Gasteiger partial charge < -0.3 is 10.8 Å². The van der Waals surface area contributed by atoms with Crippen LogP contribution in [0.25, 0.3) is 0 Å². The molecule has 3 N–H and O–H groups in total. The summed E-state index contributed by atoms with van der Waals surface area (Å²) in [7, 11) is 0. The zero-order chi connectivity index (χ0) is 13.4. The summed E-state index contributed by atoms with van der Waals surface area (Å²) < 4.78 is 0. The van der Waals surface area contributed by atoms with Crippen molar-refractivity contribution >= 4 is 11.8 Å². The number of nitrogens with two attached hydrogens (primary N) is 1. The summed E-state index contributed by atoms with van der Waals surface area (Å²) >= 11 is 1.90. The molecule has 0 radical (unpaired) electrons. The molecule has 2 nitrogen and oxygen atoms in total. The predicted molar refractivity (Wildman–Crippen MR) is 80.0 cm³/mol. The lowest BCUT2D eigenvalue weighted by Crippen LogP contribution is -2.26. The molecule has 18 heavy (non-hydrogen) atoms. The van der Waals surface area contributed by atoms with Crippen LogP contribution in [0.5, 0.6) is 0 Å². The van der Waals surface area contributed by atoms with Gasteiger partial charge in [-0.3, -0.25) is 0 Å². The summed E-state index contributed by atoms with van der Waals surface area (Å²) in [5, 5.41) is 9.23. The van der Waals surface area contributed by atoms with Crippen molar-refractivity contribution in [2.75, 3.05) is 18.9 Å². The Hall–Kier alpha value is -0.510. The van der Waals surface area contributed by atoms with Gasteiger partial charge in [0.2, 0.25) is 0 Å². The molecule has 0 fully saturated rings. The first-order chi connectivity index (χ1) is 8.71. The van der Waals surface area contributed by atoms with Gasteiger partial charge in [0.25, 0.3) is 0 Å². The molecule has 1 aromatic carbocycles. The van der Waals surface area contributed by atoms with E-state index >= 15 is 0 Å². The van der Waals surface area contributed by atoms with E-state index in [9.17, 15) is 5.11 Å². The monoisotopic (exact) mass is 267 g/mol. The minimum absolute atomic E-state index is 0.183. The third-order valence-corrected chi connectivity index (χ3v) is 4.51. The molecule has 1 aromatic rings. The molecule has 0 saturated heterocycles. The Labute approximate surface area is 115 Å². The van der Waals surface area contributed by atoms with E-state index in [4.69, 9.17) is 5.73 Å². The topological polar surface area (TPSA) is 46.2 Å². The first-order valence-corrected chi connectivity index (χ1v) is 7.72. The second-order valence-electron chi connectivity index (χ2n) is 4.85. The molecular formula is C15H25NOS. The third kappa shape index (κ3) is 5.01. The van der Waals surface area contributed by atoms with Gasteiger partial charge in [-0.1, -0.05) is 26.0 Å². The van der Waals surface area contributed by atoms with Crippen molar-refractivity contribution in [1.29, 1.82) is 0 Å². The highest BCUT2D eigenvalue weighted by atomic mass is 32.2. The first-order valence-electron chi connectivity index (χ1n) is 6.73. The van der Waals surface area contributed by atoms with Gasteiger partial charge >= 0.3 is 0 Å². The molecule has 0 spiro atoms. The molecule has 102 valence electrons. The predicted octanol–water partition coefficient (Wildman–Crippen LogP) is 2.93. The van der Waals surface area contributed by atoms with Gasteiger partial charge in [0.1, 0.15) is 0 Å². The Kier molecular flexibility index (Phi) is 7.40. The Morgan fingerprint density at radius 2 is 1.94 bits per heavy atom. The fourth-order valence-electron chi connectivity index (χ4n) is 1.97. The normalized spacial score (nSPS) is 14.4. The number of rotatable bonds is 8. The van der Waals surface area contributed by atoms with Gasteiger partial charge in [0, 0.05) is 11.5 Å². The highest BCUT2D eigenvalue weighted by molar-refractivity contribution is 7.99. The number of aliphatic hydroxyl groups excluding tert-OH is 1. The molecule has 3 heteroatoms. The summed E-state index contributed by atoms with van der Waals surface area (Å²) in [5.74, 6) is 1.81. The van der Waals surface area contributed by atoms with E-state index < -0.39 is 0 Å². The lowest BCUT2D eigenvalue weighted by Gasteiger charge is -2.20. The summed E-state index contributed by atoms with van der Waals surface area (Å²) in [6.07, 6.45) is 2.19. The molecule has 0 aromatic heterocycles. The van der Waals surface area contributed by atoms with E-state index in [1.54, 1.807) is 0 Å². The molecule has 1 rings (SSSR count). The molecule has 0 aliphatic heterocycles. The molecule has 0 heterocycles. The number of benzene rings is 1. The second-order valence-corrected chi connectivity index (χ2v) is 6.02. The van der Waals surface area contributed by atoms with Crippen LogP contribution in [-0.2, 0) is 6.42 Å². The van der Waals surface area contributed by atoms with Crippen molar-refractivity contribution in [3.05, 3.63) is 29.8 Å². The maximum absolute atomic E-state index is 9.23. The Morgan fingerprint density at radius 1 is 1.28 bits per heavy atom. The van der Waals surface area contributed by atoms with Crippen molar-refractivity contribution < 1.29 is 5.11 Å². The van der Waals surface area contributed by atoms with E-state index in [1.165, 1.54) is 22.6 Å². The lowest BCUT2D eigenvalue weighted by molar-refractivity contribution is 0.187. The van der Waals surface area contributed by atoms with E-state index in [1.807, 2.05) is 11.8 Å². The summed E-state index contributed by atoms with van der Waals surface area (Å²) in [6, 6.07) is 8.77. The standard InChI is InChI=1S/C15H25NOS/c1-3-8-18-15-6-4-13(5-7-15)9-12(2)14(10-16)11-17/h4-7,12,14,17H,3,8-11,16H2,1-2H3. The van der Waals surface area contributed by atoms with Gasteiger partial charge in [-0.2, -0.15) is 0 Å². The smallest absolute Gasteiger partial charge is 0.0474 e. The number of hydrogen-bond acceptors (Lipinski definition) is 3. The fraction of sp³-hybridized carbons (Fsp3) is 0.600. The van der Waals surface area contributed by atoms with Gasteiger partial charge in [-0.15, -0.1) is 11.8 Å². The van der Waals surface area contributed by atoms with Crippen molar-refractivity contribution in [3.8, 4) is 0 Å². The Morgan fingerprint density at radius 3 is 2.44 bits per heavy atom. The van der Waals surface area contributed by atoms with Gasteiger partial charge in [0.15, 0.2) is 0 Å². The minimum Gasteiger partial charge on any atom is -0.396 e. The van der Waals surface area contributed by atoms with Crippen LogP contribution in [0.1, 0.15) is 25.8 Å². The summed E-state index contributed by atoms with van der Waals surface area (Å²) in [4.78, 5) is 1.34. The SMILES string of the molecule is CCCSc1ccc(CC(C)C(CN)CO)cc1. The quantitative estimate of drug-likeness (QED) is 0.712. The average molecular weight is 267 g/mol. The van der Waals surface area contributed by atoms with Crippen molar-refractivity contribution in [2.24, 2.45) is 17.6 Å². The molecule has 0 saturated carbocycles.